The summed E-state index contributed by atoms with van der Waals surface area (Å²) in [4.78, 5) is 22.4. The number of aliphatic carboxylic acids is 1. The smallest absolute Gasteiger partial charge is 0.415 e. The van der Waals surface area contributed by atoms with Crippen LogP contribution in [0.5, 0.6) is 5.75 Å². The van der Waals surface area contributed by atoms with Crippen molar-refractivity contribution in [3.05, 3.63) is 29.8 Å². The maximum Gasteiger partial charge on any atom is 0.415 e. The van der Waals surface area contributed by atoms with Gasteiger partial charge < -0.3 is 9.84 Å². The number of carboxylic acid groups (broad SMARTS) is 1. The van der Waals surface area contributed by atoms with Crippen molar-refractivity contribution in [2.75, 3.05) is 13.6 Å². The fourth-order valence-electron chi connectivity index (χ4n) is 0.987. The van der Waals surface area contributed by atoms with Crippen molar-refractivity contribution in [2.24, 2.45) is 0 Å². The predicted octanol–water partition coefficient (Wildman–Crippen LogP) is 1.48. The zero-order valence-corrected chi connectivity index (χ0v) is 8.81. The Balaban J connectivity index is 2.67. The third-order valence-electron chi connectivity index (χ3n) is 1.78. The summed E-state index contributed by atoms with van der Waals surface area (Å²) >= 11 is 0. The second-order valence-corrected chi connectivity index (χ2v) is 3.19. The molecule has 0 radical (unpaired) electrons. The van der Waals surface area contributed by atoms with Crippen LogP contribution < -0.4 is 4.74 Å². The first-order chi connectivity index (χ1) is 7.90. The number of likely N-dealkylation sites (N-methyl/N-ethyl adjacent to an activating group) is 1. The zero-order valence-electron chi connectivity index (χ0n) is 8.81. The Kier molecular flexibility index (Phi) is 3.97. The Morgan fingerprint density at radius 3 is 2.53 bits per heavy atom. The van der Waals surface area contributed by atoms with Crippen LogP contribution in [0.4, 0.5) is 13.6 Å². The van der Waals surface area contributed by atoms with Gasteiger partial charge in [0.2, 0.25) is 0 Å². The van der Waals surface area contributed by atoms with Gasteiger partial charge in [0, 0.05) is 13.1 Å². The van der Waals surface area contributed by atoms with E-state index in [1.165, 1.54) is 7.05 Å². The maximum absolute atomic E-state index is 12.8. The minimum Gasteiger partial charge on any atom is -0.480 e. The first-order valence-electron chi connectivity index (χ1n) is 4.50. The summed E-state index contributed by atoms with van der Waals surface area (Å²) in [6, 6.07) is 2.56. The number of rotatable bonds is 3. The van der Waals surface area contributed by atoms with Gasteiger partial charge >= 0.3 is 12.1 Å². The number of carboxylic acids is 1. The largest absolute Gasteiger partial charge is 0.480 e. The van der Waals surface area contributed by atoms with E-state index in [1.807, 2.05) is 0 Å². The Bertz CT molecular complexity index is 450. The van der Waals surface area contributed by atoms with E-state index in [9.17, 15) is 18.4 Å². The molecule has 0 aliphatic carbocycles. The SMILES string of the molecule is CN(CC(=O)O)C(=O)Oc1ccc(F)c(F)c1. The van der Waals surface area contributed by atoms with Gasteiger partial charge in [0.05, 0.1) is 0 Å². The third-order valence-corrected chi connectivity index (χ3v) is 1.78. The van der Waals surface area contributed by atoms with E-state index in [4.69, 9.17) is 5.11 Å². The van der Waals surface area contributed by atoms with Crippen molar-refractivity contribution >= 4 is 12.1 Å². The highest BCUT2D eigenvalue weighted by Crippen LogP contribution is 2.16. The number of benzene rings is 1. The quantitative estimate of drug-likeness (QED) is 0.875. The number of halogens is 2. The monoisotopic (exact) mass is 245 g/mol. The lowest BCUT2D eigenvalue weighted by atomic mass is 10.3. The van der Waals surface area contributed by atoms with E-state index in [1.54, 1.807) is 0 Å². The first-order valence-corrected chi connectivity index (χ1v) is 4.50. The lowest BCUT2D eigenvalue weighted by Gasteiger charge is -2.14. The highest BCUT2D eigenvalue weighted by Gasteiger charge is 2.15. The summed E-state index contributed by atoms with van der Waals surface area (Å²) < 4.78 is 30.0. The molecule has 0 saturated carbocycles. The van der Waals surface area contributed by atoms with Crippen LogP contribution in [0.1, 0.15) is 0 Å². The second kappa shape index (κ2) is 5.24. The fraction of sp³-hybridized carbons (Fsp3) is 0.200. The molecular weight excluding hydrogens is 236 g/mol. The molecule has 0 atom stereocenters. The molecule has 0 aliphatic rings. The molecule has 0 unspecified atom stereocenters. The molecule has 0 saturated heterocycles. The predicted molar refractivity (Wildman–Crippen MR) is 52.6 cm³/mol. The summed E-state index contributed by atoms with van der Waals surface area (Å²) in [6.45, 7) is -0.553. The number of hydrogen-bond acceptors (Lipinski definition) is 3. The normalized spacial score (nSPS) is 9.82. The lowest BCUT2D eigenvalue weighted by molar-refractivity contribution is -0.137. The van der Waals surface area contributed by atoms with Crippen LogP contribution in [-0.2, 0) is 4.79 Å². The van der Waals surface area contributed by atoms with E-state index in [0.717, 1.165) is 17.0 Å². The number of carbonyl (C=O) groups is 2. The minimum atomic E-state index is -1.21. The van der Waals surface area contributed by atoms with Crippen molar-refractivity contribution in [3.8, 4) is 5.75 Å². The summed E-state index contributed by atoms with van der Waals surface area (Å²) in [5, 5.41) is 8.42. The molecule has 0 aliphatic heterocycles. The van der Waals surface area contributed by atoms with Gasteiger partial charge in [-0.1, -0.05) is 0 Å². The molecule has 17 heavy (non-hydrogen) atoms. The molecule has 1 amide bonds. The number of carbonyl (C=O) groups excluding carboxylic acids is 1. The lowest BCUT2D eigenvalue weighted by Crippen LogP contribution is -2.34. The zero-order chi connectivity index (χ0) is 13.0. The average molecular weight is 245 g/mol. The summed E-state index contributed by atoms with van der Waals surface area (Å²) in [5.41, 5.74) is 0. The van der Waals surface area contributed by atoms with Gasteiger partial charge in [0.1, 0.15) is 12.3 Å². The minimum absolute atomic E-state index is 0.203. The molecule has 1 rings (SSSR count). The standard InChI is InChI=1S/C10H9F2NO4/c1-13(5-9(14)15)10(16)17-6-2-3-7(11)8(12)4-6/h2-4H,5H2,1H3,(H,14,15). The van der Waals surface area contributed by atoms with Gasteiger partial charge in [-0.3, -0.25) is 9.69 Å². The molecule has 1 aromatic carbocycles. The van der Waals surface area contributed by atoms with Crippen LogP contribution in [0.2, 0.25) is 0 Å². The van der Waals surface area contributed by atoms with E-state index in [2.05, 4.69) is 4.74 Å². The van der Waals surface area contributed by atoms with E-state index >= 15 is 0 Å². The molecule has 0 bridgehead atoms. The summed E-state index contributed by atoms with van der Waals surface area (Å²) in [7, 11) is 1.20. The fourth-order valence-corrected chi connectivity index (χ4v) is 0.987. The number of ether oxygens (including phenoxy) is 1. The van der Waals surface area contributed by atoms with Gasteiger partial charge in [0.25, 0.3) is 0 Å². The molecule has 0 heterocycles. The summed E-state index contributed by atoms with van der Waals surface area (Å²) in [6.07, 6.45) is -0.974. The number of nitrogens with zero attached hydrogens (tertiary/aromatic N) is 1. The Morgan fingerprint density at radius 2 is 2.00 bits per heavy atom. The highest BCUT2D eigenvalue weighted by molar-refractivity contribution is 5.77. The topological polar surface area (TPSA) is 66.8 Å². The molecule has 0 fully saturated rings. The highest BCUT2D eigenvalue weighted by atomic mass is 19.2. The molecule has 1 N–H and O–H groups in total. The van der Waals surface area contributed by atoms with Crippen molar-refractivity contribution < 1.29 is 28.2 Å². The summed E-state index contributed by atoms with van der Waals surface area (Å²) in [5.74, 6) is -3.64. The third kappa shape index (κ3) is 3.71. The van der Waals surface area contributed by atoms with E-state index in [0.29, 0.717) is 6.07 Å². The molecule has 1 aromatic rings. The van der Waals surface area contributed by atoms with Crippen molar-refractivity contribution in [2.45, 2.75) is 0 Å². The van der Waals surface area contributed by atoms with E-state index in [-0.39, 0.29) is 5.75 Å². The van der Waals surface area contributed by atoms with E-state index < -0.39 is 30.2 Å². The molecular formula is C10H9F2NO4. The van der Waals surface area contributed by atoms with Gasteiger partial charge in [-0.15, -0.1) is 0 Å². The van der Waals surface area contributed by atoms with Gasteiger partial charge in [-0.05, 0) is 12.1 Å². The number of hydrogen-bond donors (Lipinski definition) is 1. The molecule has 0 aromatic heterocycles. The second-order valence-electron chi connectivity index (χ2n) is 3.19. The molecule has 5 nitrogen and oxygen atoms in total. The van der Waals surface area contributed by atoms with Crippen LogP contribution in [0, 0.1) is 11.6 Å². The van der Waals surface area contributed by atoms with Crippen LogP contribution in [-0.4, -0.2) is 35.7 Å². The first kappa shape index (κ1) is 12.9. The molecule has 7 heteroatoms. The molecule has 92 valence electrons. The van der Waals surface area contributed by atoms with Crippen molar-refractivity contribution in [1.82, 2.24) is 4.90 Å². The van der Waals surface area contributed by atoms with Crippen LogP contribution in [0.3, 0.4) is 0 Å². The van der Waals surface area contributed by atoms with Crippen LogP contribution >= 0.6 is 0 Å². The average Bonchev–Trinajstić information content (AvgIpc) is 2.22. The van der Waals surface area contributed by atoms with Crippen molar-refractivity contribution in [1.29, 1.82) is 0 Å². The van der Waals surface area contributed by atoms with Gasteiger partial charge in [-0.25, -0.2) is 13.6 Å². The Labute approximate surface area is 95.2 Å². The van der Waals surface area contributed by atoms with Gasteiger partial charge in [-0.2, -0.15) is 0 Å². The van der Waals surface area contributed by atoms with Gasteiger partial charge in [0.15, 0.2) is 11.6 Å². The Hall–Kier alpha value is -2.18. The maximum atomic E-state index is 12.8. The van der Waals surface area contributed by atoms with Crippen molar-refractivity contribution in [3.63, 3.8) is 0 Å². The van der Waals surface area contributed by atoms with Crippen LogP contribution in [0.25, 0.3) is 0 Å². The number of amides is 1. The Morgan fingerprint density at radius 1 is 1.35 bits per heavy atom. The van der Waals surface area contributed by atoms with Crippen LogP contribution in [0.15, 0.2) is 18.2 Å². The molecule has 0 spiro atoms.